The zero-order chi connectivity index (χ0) is 18.1. The summed E-state index contributed by atoms with van der Waals surface area (Å²) in [5, 5.41) is 12.5. The molecule has 2 aromatic rings. The van der Waals surface area contributed by atoms with Crippen LogP contribution in [0.4, 0.5) is 0 Å². The van der Waals surface area contributed by atoms with Crippen LogP contribution in [0.3, 0.4) is 0 Å². The number of benzene rings is 2. The molecule has 2 nitrogen and oxygen atoms in total. The number of aryl methyl sites for hydroxylation is 2. The standard InChI is InChI=1S/C18H24NOP.2ClH.Ti/c1-5-19(4)12-15-8-6-7-14(3)18(15)21-17-11-13(2)9-10-16(17)20;;;/h6-11,20-21H,5,12H2,1-4H3;2*1H;/q;;;+2/p-2. The zero-order valence-electron chi connectivity index (χ0n) is 14.5. The van der Waals surface area contributed by atoms with Gasteiger partial charge in [0.05, 0.1) is 0 Å². The van der Waals surface area contributed by atoms with Gasteiger partial charge in [0.25, 0.3) is 0 Å². The molecule has 6 heteroatoms. The molecule has 1 unspecified atom stereocenters. The van der Waals surface area contributed by atoms with Crippen LogP contribution in [-0.2, 0) is 23.6 Å². The Kier molecular flexibility index (Phi) is 10.5. The molecule has 0 fully saturated rings. The van der Waals surface area contributed by atoms with E-state index in [1.807, 2.05) is 6.07 Å². The summed E-state index contributed by atoms with van der Waals surface area (Å²) in [6.07, 6.45) is 0. The number of halogens is 2. The first-order chi connectivity index (χ1) is 11.4. The van der Waals surface area contributed by atoms with Crippen molar-refractivity contribution < 1.29 is 22.1 Å². The van der Waals surface area contributed by atoms with Crippen molar-refractivity contribution in [2.75, 3.05) is 13.6 Å². The maximum atomic E-state index is 10.1. The van der Waals surface area contributed by atoms with E-state index >= 15 is 0 Å². The monoisotopic (exact) mass is 419 g/mol. The fourth-order valence-corrected chi connectivity index (χ4v) is 3.71. The summed E-state index contributed by atoms with van der Waals surface area (Å²) < 4.78 is 0. The summed E-state index contributed by atoms with van der Waals surface area (Å²) in [5.74, 6) is 0.400. The second kappa shape index (κ2) is 11.5. The summed E-state index contributed by atoms with van der Waals surface area (Å²) in [4.78, 5) is 2.30. The predicted octanol–water partition coefficient (Wildman–Crippen LogP) is 4.47. The Balaban J connectivity index is 0.000000891. The van der Waals surface area contributed by atoms with Crippen LogP contribution in [0.5, 0.6) is 5.75 Å². The first kappa shape index (κ1) is 22.0. The topological polar surface area (TPSA) is 23.5 Å². The van der Waals surface area contributed by atoms with Gasteiger partial charge in [-0.25, -0.2) is 0 Å². The van der Waals surface area contributed by atoms with E-state index in [2.05, 4.69) is 57.0 Å². The van der Waals surface area contributed by atoms with Gasteiger partial charge in [-0.1, -0.05) is 45.3 Å². The van der Waals surface area contributed by atoms with Gasteiger partial charge in [-0.2, -0.15) is 0 Å². The van der Waals surface area contributed by atoms with Gasteiger partial charge in [-0.05, 0) is 56.0 Å². The number of nitrogens with zero attached hydrogens (tertiary/aromatic N) is 1. The van der Waals surface area contributed by atoms with Crippen molar-refractivity contribution in [3.05, 3.63) is 53.1 Å². The Labute approximate surface area is 164 Å². The molecule has 1 atom stereocenters. The number of phenols is 1. The minimum atomic E-state index is -0.556. The van der Waals surface area contributed by atoms with Gasteiger partial charge in [0.2, 0.25) is 0 Å². The summed E-state index contributed by atoms with van der Waals surface area (Å²) in [6, 6.07) is 12.3. The number of hydrogen-bond acceptors (Lipinski definition) is 2. The SMILES string of the molecule is CCN(C)Cc1cccc(C)c1Pc1cc(C)ccc1O.[Cl][Ti][Cl]. The van der Waals surface area contributed by atoms with E-state index in [4.69, 9.17) is 18.6 Å². The van der Waals surface area contributed by atoms with Crippen molar-refractivity contribution in [3.63, 3.8) is 0 Å². The van der Waals surface area contributed by atoms with Gasteiger partial charge in [0, 0.05) is 11.8 Å². The van der Waals surface area contributed by atoms with Crippen LogP contribution in [0.25, 0.3) is 0 Å². The third kappa shape index (κ3) is 7.04. The van der Waals surface area contributed by atoms with E-state index in [-0.39, 0.29) is 0 Å². The molecule has 0 bridgehead atoms. The van der Waals surface area contributed by atoms with Crippen LogP contribution in [0, 0.1) is 13.8 Å². The van der Waals surface area contributed by atoms with E-state index in [9.17, 15) is 5.11 Å². The Morgan fingerprint density at radius 1 is 1.17 bits per heavy atom. The van der Waals surface area contributed by atoms with Gasteiger partial charge in [0.1, 0.15) is 5.75 Å². The normalized spacial score (nSPS) is 10.8. The minimum absolute atomic E-state index is 0.400. The summed E-state index contributed by atoms with van der Waals surface area (Å²) in [6.45, 7) is 8.38. The van der Waals surface area contributed by atoms with E-state index in [0.29, 0.717) is 14.3 Å². The van der Waals surface area contributed by atoms with Crippen molar-refractivity contribution in [2.24, 2.45) is 0 Å². The van der Waals surface area contributed by atoms with Gasteiger partial charge in [-0.3, -0.25) is 0 Å². The van der Waals surface area contributed by atoms with Crippen molar-refractivity contribution >= 4 is 37.8 Å². The average molecular weight is 420 g/mol. The van der Waals surface area contributed by atoms with E-state index < -0.39 is 17.0 Å². The van der Waals surface area contributed by atoms with Crippen LogP contribution in [0.2, 0.25) is 0 Å². The zero-order valence-corrected chi connectivity index (χ0v) is 18.6. The molecule has 0 aromatic heterocycles. The molecule has 0 aliphatic carbocycles. The second-order valence-corrected chi connectivity index (χ2v) is 9.52. The van der Waals surface area contributed by atoms with Gasteiger partial charge >= 0.3 is 35.6 Å². The molecule has 0 saturated heterocycles. The maximum absolute atomic E-state index is 10.1. The Morgan fingerprint density at radius 3 is 2.46 bits per heavy atom. The molecule has 0 aliphatic rings. The van der Waals surface area contributed by atoms with Gasteiger partial charge in [-0.15, -0.1) is 0 Å². The fraction of sp³-hybridized carbons (Fsp3) is 0.333. The first-order valence-corrected chi connectivity index (χ1v) is 13.0. The average Bonchev–Trinajstić information content (AvgIpc) is 2.54. The molecular weight excluding hydrogens is 396 g/mol. The molecule has 0 radical (unpaired) electrons. The predicted molar refractivity (Wildman–Crippen MR) is 105 cm³/mol. The van der Waals surface area contributed by atoms with Crippen molar-refractivity contribution in [2.45, 2.75) is 27.3 Å². The molecule has 2 rings (SSSR count). The van der Waals surface area contributed by atoms with Gasteiger partial charge < -0.3 is 10.0 Å². The number of rotatable bonds is 5. The quantitative estimate of drug-likeness (QED) is 0.571. The van der Waals surface area contributed by atoms with Gasteiger partial charge in [0.15, 0.2) is 0 Å². The summed E-state index contributed by atoms with van der Waals surface area (Å²) in [5.41, 5.74) is 3.85. The molecule has 0 spiro atoms. The molecule has 0 aliphatic heterocycles. The van der Waals surface area contributed by atoms with Crippen LogP contribution >= 0.6 is 27.2 Å². The van der Waals surface area contributed by atoms with E-state index in [1.165, 1.54) is 22.0 Å². The van der Waals surface area contributed by atoms with Crippen LogP contribution < -0.4 is 10.6 Å². The summed E-state index contributed by atoms with van der Waals surface area (Å²) >= 11 is -0.556. The second-order valence-electron chi connectivity index (χ2n) is 5.66. The van der Waals surface area contributed by atoms with E-state index in [0.717, 1.165) is 18.4 Å². The number of phenolic OH excluding ortho intramolecular Hbond substituents is 1. The molecule has 0 saturated carbocycles. The van der Waals surface area contributed by atoms with Crippen LogP contribution in [0.15, 0.2) is 36.4 Å². The summed E-state index contributed by atoms with van der Waals surface area (Å²) in [7, 11) is 12.4. The van der Waals surface area contributed by atoms with Crippen LogP contribution in [0.1, 0.15) is 23.6 Å². The molecule has 2 aromatic carbocycles. The number of hydrogen-bond donors (Lipinski definition) is 1. The fourth-order valence-electron chi connectivity index (χ4n) is 2.33. The molecule has 130 valence electrons. The van der Waals surface area contributed by atoms with Crippen molar-refractivity contribution in [3.8, 4) is 5.75 Å². The van der Waals surface area contributed by atoms with Crippen molar-refractivity contribution in [1.29, 1.82) is 0 Å². The third-order valence-corrected chi connectivity index (χ3v) is 5.39. The molecule has 1 N–H and O–H groups in total. The molecule has 24 heavy (non-hydrogen) atoms. The van der Waals surface area contributed by atoms with Crippen molar-refractivity contribution in [1.82, 2.24) is 4.90 Å². The van der Waals surface area contributed by atoms with Crippen LogP contribution in [-0.4, -0.2) is 23.6 Å². The molecule has 0 amide bonds. The Morgan fingerprint density at radius 2 is 1.83 bits per heavy atom. The Hall–Kier alpha value is -0.0757. The molecule has 0 heterocycles. The Bertz CT molecular complexity index is 655. The van der Waals surface area contributed by atoms with E-state index in [1.54, 1.807) is 6.07 Å². The molecular formula is C18H24Cl2NOPTi. The third-order valence-electron chi connectivity index (χ3n) is 3.75. The number of aromatic hydroxyl groups is 1. The first-order valence-electron chi connectivity index (χ1n) is 7.72.